The summed E-state index contributed by atoms with van der Waals surface area (Å²) in [5.41, 5.74) is 5.63. The summed E-state index contributed by atoms with van der Waals surface area (Å²) < 4.78 is 4.70. The lowest BCUT2D eigenvalue weighted by molar-refractivity contribution is -0.139. The molecule has 0 saturated heterocycles. The van der Waals surface area contributed by atoms with E-state index in [2.05, 4.69) is 10.4 Å². The Kier molecular flexibility index (Phi) is 3.98. The lowest BCUT2D eigenvalue weighted by Gasteiger charge is -2.31. The van der Waals surface area contributed by atoms with Crippen LogP contribution in [0.2, 0.25) is 5.02 Å². The molecule has 0 fully saturated rings. The maximum absolute atomic E-state index is 11.5. The third-order valence-electron chi connectivity index (χ3n) is 3.23. The van der Waals surface area contributed by atoms with Crippen LogP contribution in [0.25, 0.3) is 0 Å². The second kappa shape index (κ2) is 6.07. The quantitative estimate of drug-likeness (QED) is 0.879. The van der Waals surface area contributed by atoms with Gasteiger partial charge in [-0.05, 0) is 30.3 Å². The van der Waals surface area contributed by atoms with E-state index in [1.807, 2.05) is 47.5 Å². The Morgan fingerprint density at radius 1 is 1.27 bits per heavy atom. The minimum absolute atomic E-state index is 0.0713. The Morgan fingerprint density at radius 3 is 2.77 bits per heavy atom. The average molecular weight is 316 g/mol. The van der Waals surface area contributed by atoms with Gasteiger partial charge in [-0.15, -0.1) is 0 Å². The second-order valence-corrected chi connectivity index (χ2v) is 5.16. The van der Waals surface area contributed by atoms with Crippen LogP contribution in [0.1, 0.15) is 6.42 Å². The van der Waals surface area contributed by atoms with Gasteiger partial charge in [0.25, 0.3) is 0 Å². The van der Waals surface area contributed by atoms with E-state index in [1.54, 1.807) is 6.07 Å². The van der Waals surface area contributed by atoms with Crippen LogP contribution in [0, 0.1) is 0 Å². The zero-order valence-electron chi connectivity index (χ0n) is 11.9. The van der Waals surface area contributed by atoms with Gasteiger partial charge in [-0.2, -0.15) is 0 Å². The number of hydrogen-bond acceptors (Lipinski definition) is 5. The summed E-state index contributed by atoms with van der Waals surface area (Å²) in [6.07, 6.45) is 0.0713. The lowest BCUT2D eigenvalue weighted by atomic mass is 10.2. The maximum Gasteiger partial charge on any atom is 0.313 e. The molecule has 0 amide bonds. The van der Waals surface area contributed by atoms with Crippen molar-refractivity contribution in [1.29, 1.82) is 0 Å². The van der Waals surface area contributed by atoms with Crippen molar-refractivity contribution in [1.82, 2.24) is 5.43 Å². The van der Waals surface area contributed by atoms with Crippen molar-refractivity contribution >= 4 is 40.5 Å². The van der Waals surface area contributed by atoms with Crippen LogP contribution >= 0.6 is 11.6 Å². The first kappa shape index (κ1) is 14.4. The van der Waals surface area contributed by atoms with Crippen molar-refractivity contribution < 1.29 is 9.53 Å². The van der Waals surface area contributed by atoms with E-state index in [0.29, 0.717) is 10.9 Å². The van der Waals surface area contributed by atoms with Gasteiger partial charge in [0, 0.05) is 5.02 Å². The molecule has 2 aromatic carbocycles. The molecule has 0 unspecified atom stereocenters. The van der Waals surface area contributed by atoms with E-state index < -0.39 is 0 Å². The number of esters is 1. The Morgan fingerprint density at radius 2 is 2.05 bits per heavy atom. The summed E-state index contributed by atoms with van der Waals surface area (Å²) in [6.45, 7) is 0. The summed E-state index contributed by atoms with van der Waals surface area (Å²) >= 11 is 6.10. The monoisotopic (exact) mass is 315 g/mol. The number of rotatable bonds is 3. The fourth-order valence-electron chi connectivity index (χ4n) is 2.20. The molecule has 22 heavy (non-hydrogen) atoms. The predicted molar refractivity (Wildman–Crippen MR) is 86.9 cm³/mol. The Balaban J connectivity index is 2.03. The van der Waals surface area contributed by atoms with Gasteiger partial charge in [-0.3, -0.25) is 15.2 Å². The molecule has 112 valence electrons. The number of benzene rings is 2. The van der Waals surface area contributed by atoms with Gasteiger partial charge in [0.15, 0.2) is 0 Å². The molecule has 1 aliphatic heterocycles. The molecule has 0 aromatic heterocycles. The van der Waals surface area contributed by atoms with Gasteiger partial charge < -0.3 is 4.74 Å². The van der Waals surface area contributed by atoms with Gasteiger partial charge in [0.05, 0.1) is 24.2 Å². The van der Waals surface area contributed by atoms with Crippen LogP contribution in [0.5, 0.6) is 0 Å². The van der Waals surface area contributed by atoms with Crippen LogP contribution in [-0.2, 0) is 9.53 Å². The number of hydrazine groups is 1. The largest absolute Gasteiger partial charge is 0.469 e. The van der Waals surface area contributed by atoms with Crippen LogP contribution in [-0.4, -0.2) is 18.9 Å². The van der Waals surface area contributed by atoms with Crippen molar-refractivity contribution in [2.24, 2.45) is 4.99 Å². The average Bonchev–Trinajstić information content (AvgIpc) is 2.55. The van der Waals surface area contributed by atoms with Gasteiger partial charge in [-0.25, -0.2) is 4.99 Å². The van der Waals surface area contributed by atoms with E-state index in [4.69, 9.17) is 16.3 Å². The molecular weight excluding hydrogens is 302 g/mol. The number of nitrogens with zero attached hydrogens (tertiary/aromatic N) is 2. The maximum atomic E-state index is 11.5. The van der Waals surface area contributed by atoms with Gasteiger partial charge >= 0.3 is 5.97 Å². The number of hydrogen-bond donors (Lipinski definition) is 1. The number of nitrogens with one attached hydrogen (secondary N) is 1. The van der Waals surface area contributed by atoms with Gasteiger partial charge in [-0.1, -0.05) is 29.8 Å². The number of aliphatic imine (C=N–C) groups is 1. The molecule has 3 rings (SSSR count). The highest BCUT2D eigenvalue weighted by molar-refractivity contribution is 6.31. The second-order valence-electron chi connectivity index (χ2n) is 4.73. The molecule has 0 saturated carbocycles. The Bertz CT molecular complexity index is 731. The molecule has 5 nitrogen and oxygen atoms in total. The highest BCUT2D eigenvalue weighted by Crippen LogP contribution is 2.37. The Labute approximate surface area is 133 Å². The van der Waals surface area contributed by atoms with Crippen molar-refractivity contribution in [2.75, 3.05) is 12.1 Å². The van der Waals surface area contributed by atoms with E-state index >= 15 is 0 Å². The molecule has 1 N–H and O–H groups in total. The minimum Gasteiger partial charge on any atom is -0.469 e. The van der Waals surface area contributed by atoms with Crippen molar-refractivity contribution in [3.8, 4) is 0 Å². The zero-order valence-corrected chi connectivity index (χ0v) is 12.7. The number of ether oxygens (including phenoxy) is 1. The third-order valence-corrected chi connectivity index (χ3v) is 3.46. The first-order chi connectivity index (χ1) is 10.7. The van der Waals surface area contributed by atoms with Crippen LogP contribution in [0.4, 0.5) is 17.1 Å². The number of carbonyl (C=O) groups is 1. The van der Waals surface area contributed by atoms with E-state index in [1.165, 1.54) is 7.11 Å². The SMILES string of the molecule is COC(=O)CC1=Nc2ccc(Cl)cc2N(c2ccccc2)N1. The first-order valence-corrected chi connectivity index (χ1v) is 7.11. The highest BCUT2D eigenvalue weighted by atomic mass is 35.5. The lowest BCUT2D eigenvalue weighted by Crippen LogP contribution is -2.42. The fourth-order valence-corrected chi connectivity index (χ4v) is 2.36. The van der Waals surface area contributed by atoms with Crippen molar-refractivity contribution in [2.45, 2.75) is 6.42 Å². The zero-order chi connectivity index (χ0) is 15.5. The topological polar surface area (TPSA) is 53.9 Å². The van der Waals surface area contributed by atoms with Crippen LogP contribution in [0.15, 0.2) is 53.5 Å². The molecule has 0 aliphatic carbocycles. The van der Waals surface area contributed by atoms with Crippen molar-refractivity contribution in [3.05, 3.63) is 53.6 Å². The number of methoxy groups -OCH3 is 1. The van der Waals surface area contributed by atoms with Gasteiger partial charge in [0.2, 0.25) is 0 Å². The normalized spacial score (nSPS) is 13.0. The summed E-state index contributed by atoms with van der Waals surface area (Å²) in [7, 11) is 1.36. The third kappa shape index (κ3) is 2.89. The van der Waals surface area contributed by atoms with Crippen LogP contribution in [0.3, 0.4) is 0 Å². The van der Waals surface area contributed by atoms with Gasteiger partial charge in [0.1, 0.15) is 12.3 Å². The summed E-state index contributed by atoms with van der Waals surface area (Å²) in [5, 5.41) is 2.47. The van der Waals surface area contributed by atoms with E-state index in [9.17, 15) is 4.79 Å². The first-order valence-electron chi connectivity index (χ1n) is 6.73. The number of carbonyl (C=O) groups excluding carboxylic acids is 1. The molecule has 1 aliphatic rings. The number of para-hydroxylation sites is 1. The number of amidine groups is 1. The Hall–Kier alpha value is -2.53. The van der Waals surface area contributed by atoms with E-state index in [0.717, 1.165) is 17.1 Å². The van der Waals surface area contributed by atoms with Crippen LogP contribution < -0.4 is 10.4 Å². The highest BCUT2D eigenvalue weighted by Gasteiger charge is 2.22. The fraction of sp³-hybridized carbons (Fsp3) is 0.125. The molecule has 0 bridgehead atoms. The molecule has 0 atom stereocenters. The number of halogens is 1. The summed E-state index contributed by atoms with van der Waals surface area (Å²) in [5.74, 6) is 0.169. The smallest absolute Gasteiger partial charge is 0.313 e. The summed E-state index contributed by atoms with van der Waals surface area (Å²) in [4.78, 5) is 16.0. The van der Waals surface area contributed by atoms with Crippen molar-refractivity contribution in [3.63, 3.8) is 0 Å². The molecule has 2 aromatic rings. The summed E-state index contributed by atoms with van der Waals surface area (Å²) in [6, 6.07) is 15.2. The number of anilines is 2. The molecule has 0 spiro atoms. The van der Waals surface area contributed by atoms with E-state index in [-0.39, 0.29) is 12.4 Å². The number of fused-ring (bicyclic) bond motifs is 1. The minimum atomic E-state index is -0.350. The molecule has 1 heterocycles. The molecular formula is C16H14ClN3O2. The molecule has 6 heteroatoms. The standard InChI is InChI=1S/C16H14ClN3O2/c1-22-16(21)10-15-18-13-8-7-11(17)9-14(13)20(19-15)12-5-3-2-4-6-12/h2-9H,10H2,1H3,(H,18,19). The predicted octanol–water partition coefficient (Wildman–Crippen LogP) is 3.59. The molecule has 0 radical (unpaired) electrons.